The van der Waals surface area contributed by atoms with E-state index in [9.17, 15) is 5.26 Å². The average molecular weight is 323 g/mol. The van der Waals surface area contributed by atoms with Gasteiger partial charge in [-0.15, -0.1) is 0 Å². The molecule has 2 aromatic carbocycles. The lowest BCUT2D eigenvalue weighted by Gasteiger charge is -2.08. The summed E-state index contributed by atoms with van der Waals surface area (Å²) in [6.07, 6.45) is 0. The minimum atomic E-state index is 0.188. The second-order valence-electron chi connectivity index (χ2n) is 5.10. The van der Waals surface area contributed by atoms with E-state index in [1.165, 1.54) is 0 Å². The molecule has 3 aromatic rings. The Morgan fingerprint density at radius 1 is 1.00 bits per heavy atom. The normalized spacial score (nSPS) is 10.4. The fourth-order valence-corrected chi connectivity index (χ4v) is 2.64. The molecule has 122 valence electrons. The van der Waals surface area contributed by atoms with E-state index in [1.54, 1.807) is 21.3 Å². The molecule has 1 aromatic heterocycles. The lowest BCUT2D eigenvalue weighted by atomic mass is 10.2. The summed E-state index contributed by atoms with van der Waals surface area (Å²) >= 11 is 0. The Labute approximate surface area is 139 Å². The summed E-state index contributed by atoms with van der Waals surface area (Å²) in [5.41, 5.74) is 2.47. The van der Waals surface area contributed by atoms with Crippen molar-refractivity contribution >= 4 is 11.0 Å². The number of benzene rings is 2. The second kappa shape index (κ2) is 6.50. The predicted molar refractivity (Wildman–Crippen MR) is 90.4 cm³/mol. The van der Waals surface area contributed by atoms with E-state index < -0.39 is 0 Å². The van der Waals surface area contributed by atoms with Crippen molar-refractivity contribution in [3.63, 3.8) is 0 Å². The van der Waals surface area contributed by atoms with Gasteiger partial charge in [-0.1, -0.05) is 0 Å². The van der Waals surface area contributed by atoms with E-state index in [0.717, 1.165) is 22.3 Å². The van der Waals surface area contributed by atoms with Crippen molar-refractivity contribution < 1.29 is 14.2 Å². The van der Waals surface area contributed by atoms with Gasteiger partial charge in [-0.05, 0) is 24.3 Å². The van der Waals surface area contributed by atoms with Crippen LogP contribution >= 0.6 is 0 Å². The van der Waals surface area contributed by atoms with E-state index in [1.807, 2.05) is 41.0 Å². The van der Waals surface area contributed by atoms with Gasteiger partial charge in [0.25, 0.3) is 0 Å². The van der Waals surface area contributed by atoms with Gasteiger partial charge in [0.2, 0.25) is 0 Å². The first-order chi connectivity index (χ1) is 11.7. The number of fused-ring (bicyclic) bond motifs is 1. The van der Waals surface area contributed by atoms with Gasteiger partial charge < -0.3 is 18.8 Å². The van der Waals surface area contributed by atoms with Crippen molar-refractivity contribution in [2.24, 2.45) is 0 Å². The Bertz CT molecular complexity index is 908. The van der Waals surface area contributed by atoms with Crippen LogP contribution in [0.2, 0.25) is 0 Å². The molecule has 0 unspecified atom stereocenters. The highest BCUT2D eigenvalue weighted by atomic mass is 16.5. The third-order valence-corrected chi connectivity index (χ3v) is 3.83. The van der Waals surface area contributed by atoms with Crippen LogP contribution < -0.4 is 14.2 Å². The van der Waals surface area contributed by atoms with Crippen molar-refractivity contribution in [3.05, 3.63) is 36.4 Å². The SMILES string of the molecule is COc1ccc(-c2nc3cc(OC)c(OC)cc3n2CC#N)cc1. The van der Waals surface area contributed by atoms with Crippen molar-refractivity contribution in [1.29, 1.82) is 5.26 Å². The summed E-state index contributed by atoms with van der Waals surface area (Å²) in [6, 6.07) is 13.4. The van der Waals surface area contributed by atoms with Gasteiger partial charge in [-0.3, -0.25) is 0 Å². The highest BCUT2D eigenvalue weighted by Gasteiger charge is 2.16. The Balaban J connectivity index is 2.22. The molecule has 0 saturated heterocycles. The zero-order valence-electron chi connectivity index (χ0n) is 13.7. The molecule has 0 radical (unpaired) electrons. The summed E-state index contributed by atoms with van der Waals surface area (Å²) in [4.78, 5) is 4.68. The highest BCUT2D eigenvalue weighted by molar-refractivity contribution is 5.84. The average Bonchev–Trinajstić information content (AvgIpc) is 2.98. The van der Waals surface area contributed by atoms with Gasteiger partial charge in [0, 0.05) is 17.7 Å². The van der Waals surface area contributed by atoms with Crippen LogP contribution in [0.15, 0.2) is 36.4 Å². The molecule has 0 N–H and O–H groups in total. The van der Waals surface area contributed by atoms with Crippen LogP contribution in [-0.4, -0.2) is 30.9 Å². The number of imidazole rings is 1. The predicted octanol–water partition coefficient (Wildman–Crippen LogP) is 3.25. The molecular formula is C18H17N3O3. The van der Waals surface area contributed by atoms with Crippen LogP contribution in [-0.2, 0) is 6.54 Å². The van der Waals surface area contributed by atoms with E-state index in [4.69, 9.17) is 14.2 Å². The number of ether oxygens (including phenoxy) is 3. The monoisotopic (exact) mass is 323 g/mol. The molecule has 24 heavy (non-hydrogen) atoms. The molecule has 0 fully saturated rings. The summed E-state index contributed by atoms with van der Waals surface area (Å²) in [5, 5.41) is 9.20. The van der Waals surface area contributed by atoms with Crippen molar-refractivity contribution in [2.45, 2.75) is 6.54 Å². The molecule has 3 rings (SSSR count). The zero-order chi connectivity index (χ0) is 17.1. The Kier molecular flexibility index (Phi) is 4.25. The number of nitriles is 1. The molecular weight excluding hydrogens is 306 g/mol. The quantitative estimate of drug-likeness (QED) is 0.721. The molecule has 0 aliphatic carbocycles. The van der Waals surface area contributed by atoms with Crippen LogP contribution in [0.25, 0.3) is 22.4 Å². The maximum absolute atomic E-state index is 9.20. The molecule has 0 spiro atoms. The minimum absolute atomic E-state index is 0.188. The molecule has 0 saturated carbocycles. The third-order valence-electron chi connectivity index (χ3n) is 3.83. The zero-order valence-corrected chi connectivity index (χ0v) is 13.7. The Morgan fingerprint density at radius 3 is 2.25 bits per heavy atom. The lowest BCUT2D eigenvalue weighted by Crippen LogP contribution is -1.99. The van der Waals surface area contributed by atoms with Gasteiger partial charge in [0.05, 0.1) is 38.4 Å². The highest BCUT2D eigenvalue weighted by Crippen LogP contribution is 2.34. The van der Waals surface area contributed by atoms with Crippen LogP contribution in [0.4, 0.5) is 0 Å². The maximum Gasteiger partial charge on any atom is 0.163 e. The molecule has 0 aliphatic rings. The lowest BCUT2D eigenvalue weighted by molar-refractivity contribution is 0.355. The Hall–Kier alpha value is -3.20. The van der Waals surface area contributed by atoms with E-state index in [2.05, 4.69) is 11.1 Å². The standard InChI is InChI=1S/C18H17N3O3/c1-22-13-6-4-12(5-7-13)18-20-14-10-16(23-2)17(24-3)11-15(14)21(18)9-8-19/h4-7,10-11H,9H2,1-3H3. The van der Waals surface area contributed by atoms with Gasteiger partial charge in [0.1, 0.15) is 18.1 Å². The number of aromatic nitrogens is 2. The summed E-state index contributed by atoms with van der Waals surface area (Å²) < 4.78 is 17.7. The first kappa shape index (κ1) is 15.7. The molecule has 0 bridgehead atoms. The number of methoxy groups -OCH3 is 3. The second-order valence-corrected chi connectivity index (χ2v) is 5.10. The van der Waals surface area contributed by atoms with Gasteiger partial charge in [-0.25, -0.2) is 4.98 Å². The van der Waals surface area contributed by atoms with Crippen LogP contribution in [0, 0.1) is 11.3 Å². The number of rotatable bonds is 5. The van der Waals surface area contributed by atoms with Gasteiger partial charge in [-0.2, -0.15) is 5.26 Å². The topological polar surface area (TPSA) is 69.3 Å². The minimum Gasteiger partial charge on any atom is -0.497 e. The van der Waals surface area contributed by atoms with Crippen molar-refractivity contribution in [3.8, 4) is 34.7 Å². The number of nitrogens with zero attached hydrogens (tertiary/aromatic N) is 3. The van der Waals surface area contributed by atoms with E-state index in [-0.39, 0.29) is 6.54 Å². The fourth-order valence-electron chi connectivity index (χ4n) is 2.64. The fraction of sp³-hybridized carbons (Fsp3) is 0.222. The third kappa shape index (κ3) is 2.61. The molecule has 0 atom stereocenters. The first-order valence-corrected chi connectivity index (χ1v) is 7.35. The van der Waals surface area contributed by atoms with E-state index in [0.29, 0.717) is 17.3 Å². The van der Waals surface area contributed by atoms with Crippen LogP contribution in [0.3, 0.4) is 0 Å². The number of hydrogen-bond donors (Lipinski definition) is 0. The van der Waals surface area contributed by atoms with Crippen molar-refractivity contribution in [1.82, 2.24) is 9.55 Å². The summed E-state index contributed by atoms with van der Waals surface area (Å²) in [6.45, 7) is 0.188. The summed E-state index contributed by atoms with van der Waals surface area (Å²) in [5.74, 6) is 2.69. The Morgan fingerprint density at radius 2 is 1.67 bits per heavy atom. The molecule has 0 aliphatic heterocycles. The molecule has 6 heteroatoms. The molecule has 6 nitrogen and oxygen atoms in total. The smallest absolute Gasteiger partial charge is 0.163 e. The largest absolute Gasteiger partial charge is 0.497 e. The van der Waals surface area contributed by atoms with Crippen LogP contribution in [0.5, 0.6) is 17.2 Å². The first-order valence-electron chi connectivity index (χ1n) is 7.35. The molecule has 0 amide bonds. The van der Waals surface area contributed by atoms with Gasteiger partial charge >= 0.3 is 0 Å². The van der Waals surface area contributed by atoms with Crippen LogP contribution in [0.1, 0.15) is 0 Å². The van der Waals surface area contributed by atoms with Crippen molar-refractivity contribution in [2.75, 3.05) is 21.3 Å². The summed E-state index contributed by atoms with van der Waals surface area (Å²) in [7, 11) is 4.79. The van der Waals surface area contributed by atoms with E-state index >= 15 is 0 Å². The molecule has 1 heterocycles. The number of hydrogen-bond acceptors (Lipinski definition) is 5. The van der Waals surface area contributed by atoms with Gasteiger partial charge in [0.15, 0.2) is 11.5 Å². The maximum atomic E-state index is 9.20.